The lowest BCUT2D eigenvalue weighted by Crippen LogP contribution is -1.84. The molecular weight excluding hydrogens is 721 g/mol. The Bertz CT molecular complexity index is 3460. The van der Waals surface area contributed by atoms with Crippen molar-refractivity contribution in [1.82, 2.24) is 9.97 Å². The highest BCUT2D eigenvalue weighted by molar-refractivity contribution is 6.24. The molecule has 0 saturated carbocycles. The predicted molar refractivity (Wildman–Crippen MR) is 250 cm³/mol. The number of oxazole rings is 2. The highest BCUT2D eigenvalue weighted by atomic mass is 16.4. The van der Waals surface area contributed by atoms with E-state index in [1.165, 1.54) is 54.6 Å². The average Bonchev–Trinajstić information content (AvgIpc) is 3.90. The molecule has 0 unspecified atom stereocenters. The minimum Gasteiger partial charge on any atom is -0.435 e. The molecule has 12 rings (SSSR count). The summed E-state index contributed by atoms with van der Waals surface area (Å²) < 4.78 is 12.9. The van der Waals surface area contributed by atoms with Crippen LogP contribution in [-0.4, -0.2) is 9.97 Å². The smallest absolute Gasteiger partial charge is 0.227 e. The summed E-state index contributed by atoms with van der Waals surface area (Å²) in [7, 11) is 0. The molecule has 0 amide bonds. The van der Waals surface area contributed by atoms with Crippen LogP contribution in [0.3, 0.4) is 0 Å². The standard InChI is InChI=1S/2C27H19NO.CH4/c1-16-10-12-20-23(14-16)24-15-17(2)11-13-21(24)26-25(20)28-27(29-26)22-9-5-7-18-6-3-4-8-19(18)22;1-16-10-12-20-21-13-11-17(2)15-24(21)26-25(23(20)14-16)28-27(29-26)22-9-5-7-18-6-3-4-8-19(18)22;/h2*3-15H,1-2H3;1H4. The van der Waals surface area contributed by atoms with E-state index >= 15 is 0 Å². The average molecular weight is 763 g/mol. The third-order valence-electron chi connectivity index (χ3n) is 11.6. The minimum absolute atomic E-state index is 0. The van der Waals surface area contributed by atoms with Gasteiger partial charge in [-0.1, -0.05) is 163 Å². The van der Waals surface area contributed by atoms with Crippen LogP contribution in [0.15, 0.2) is 167 Å². The lowest BCUT2D eigenvalue weighted by molar-refractivity contribution is 0.623. The molecule has 0 radical (unpaired) electrons. The number of rotatable bonds is 2. The Kier molecular flexibility index (Phi) is 8.54. The molecule has 2 aromatic heterocycles. The van der Waals surface area contributed by atoms with Gasteiger partial charge in [-0.2, -0.15) is 0 Å². The molecule has 0 aliphatic heterocycles. The molecule has 0 saturated heterocycles. The highest BCUT2D eigenvalue weighted by Crippen LogP contribution is 2.41. The summed E-state index contributed by atoms with van der Waals surface area (Å²) in [5.41, 5.74) is 10.6. The molecular formula is C55H42N2O2. The van der Waals surface area contributed by atoms with Crippen LogP contribution in [0.25, 0.3) is 110 Å². The van der Waals surface area contributed by atoms with E-state index in [1.807, 2.05) is 0 Å². The van der Waals surface area contributed by atoms with Crippen LogP contribution in [0.5, 0.6) is 0 Å². The van der Waals surface area contributed by atoms with Gasteiger partial charge in [0.2, 0.25) is 11.8 Å². The van der Waals surface area contributed by atoms with Crippen LogP contribution in [0.2, 0.25) is 0 Å². The van der Waals surface area contributed by atoms with Gasteiger partial charge in [-0.15, -0.1) is 0 Å². The Morgan fingerprint density at radius 1 is 0.322 bits per heavy atom. The molecule has 0 spiro atoms. The van der Waals surface area contributed by atoms with Crippen molar-refractivity contribution in [3.63, 3.8) is 0 Å². The van der Waals surface area contributed by atoms with E-state index in [0.29, 0.717) is 11.8 Å². The van der Waals surface area contributed by atoms with E-state index in [2.05, 4.69) is 185 Å². The molecule has 2 heterocycles. The van der Waals surface area contributed by atoms with Crippen LogP contribution in [-0.2, 0) is 0 Å². The van der Waals surface area contributed by atoms with Crippen molar-refractivity contribution in [3.05, 3.63) is 180 Å². The molecule has 0 bridgehead atoms. The van der Waals surface area contributed by atoms with Crippen molar-refractivity contribution in [3.8, 4) is 22.9 Å². The van der Waals surface area contributed by atoms with Crippen LogP contribution in [0.4, 0.5) is 0 Å². The number of hydrogen-bond donors (Lipinski definition) is 0. The van der Waals surface area contributed by atoms with Crippen molar-refractivity contribution in [2.45, 2.75) is 35.1 Å². The summed E-state index contributed by atoms with van der Waals surface area (Å²) in [6.07, 6.45) is 0. The zero-order chi connectivity index (χ0) is 39.1. The Morgan fingerprint density at radius 3 is 1.27 bits per heavy atom. The summed E-state index contributed by atoms with van der Waals surface area (Å²) in [5, 5.41) is 14.1. The van der Waals surface area contributed by atoms with Gasteiger partial charge in [-0.3, -0.25) is 0 Å². The molecule has 4 nitrogen and oxygen atoms in total. The first kappa shape index (κ1) is 36.1. The summed E-state index contributed by atoms with van der Waals surface area (Å²) in [6, 6.07) is 55.6. The Labute approximate surface area is 342 Å². The number of nitrogens with zero attached hydrogens (tertiary/aromatic N) is 2. The van der Waals surface area contributed by atoms with Gasteiger partial charge in [-0.25, -0.2) is 9.97 Å². The second kappa shape index (κ2) is 14.0. The van der Waals surface area contributed by atoms with Crippen LogP contribution in [0.1, 0.15) is 29.7 Å². The number of aryl methyl sites for hydroxylation is 4. The first-order valence-electron chi connectivity index (χ1n) is 19.8. The van der Waals surface area contributed by atoms with Gasteiger partial charge in [0.05, 0.1) is 0 Å². The number of fused-ring (bicyclic) bond motifs is 14. The molecule has 12 aromatic rings. The maximum Gasteiger partial charge on any atom is 0.227 e. The number of aromatic nitrogens is 2. The van der Waals surface area contributed by atoms with Gasteiger partial charge in [0.15, 0.2) is 11.2 Å². The third-order valence-corrected chi connectivity index (χ3v) is 11.6. The first-order chi connectivity index (χ1) is 28.4. The minimum atomic E-state index is 0. The molecule has 0 aliphatic carbocycles. The van der Waals surface area contributed by atoms with Gasteiger partial charge < -0.3 is 8.83 Å². The molecule has 284 valence electrons. The van der Waals surface area contributed by atoms with E-state index in [4.69, 9.17) is 18.8 Å². The SMILES string of the molecule is C.Cc1ccc2c(c1)c1cc(C)ccc1c1oc(-c3cccc4ccccc34)nc21.Cc1ccc2c3ccc(C)cc3c3oc(-c4cccc5ccccc45)nc3c2c1. The molecule has 59 heavy (non-hydrogen) atoms. The van der Waals surface area contributed by atoms with Crippen LogP contribution in [0, 0.1) is 27.7 Å². The Hall–Kier alpha value is -7.30. The number of benzene rings is 10. The predicted octanol–water partition coefficient (Wildman–Crippen LogP) is 15.8. The van der Waals surface area contributed by atoms with Crippen LogP contribution < -0.4 is 0 Å². The zero-order valence-corrected chi connectivity index (χ0v) is 32.7. The summed E-state index contributed by atoms with van der Waals surface area (Å²) in [6.45, 7) is 8.51. The molecule has 10 aromatic carbocycles. The number of hydrogen-bond acceptors (Lipinski definition) is 4. The van der Waals surface area contributed by atoms with Crippen molar-refractivity contribution in [2.24, 2.45) is 0 Å². The van der Waals surface area contributed by atoms with E-state index in [0.717, 1.165) is 65.6 Å². The molecule has 4 heteroatoms. The van der Waals surface area contributed by atoms with Crippen molar-refractivity contribution in [2.75, 3.05) is 0 Å². The lowest BCUT2D eigenvalue weighted by Gasteiger charge is -2.07. The van der Waals surface area contributed by atoms with Gasteiger partial charge >= 0.3 is 0 Å². The maximum absolute atomic E-state index is 6.47. The van der Waals surface area contributed by atoms with Crippen molar-refractivity contribution in [1.29, 1.82) is 0 Å². The van der Waals surface area contributed by atoms with E-state index < -0.39 is 0 Å². The summed E-state index contributed by atoms with van der Waals surface area (Å²) in [4.78, 5) is 10.0. The Balaban J connectivity index is 0.000000140. The van der Waals surface area contributed by atoms with E-state index in [-0.39, 0.29) is 7.43 Å². The summed E-state index contributed by atoms with van der Waals surface area (Å²) in [5.74, 6) is 1.35. The quantitative estimate of drug-likeness (QED) is 0.165. The van der Waals surface area contributed by atoms with Gasteiger partial charge in [0.1, 0.15) is 11.0 Å². The van der Waals surface area contributed by atoms with Gasteiger partial charge in [0.25, 0.3) is 0 Å². The zero-order valence-electron chi connectivity index (χ0n) is 32.7. The largest absolute Gasteiger partial charge is 0.435 e. The first-order valence-corrected chi connectivity index (χ1v) is 19.8. The fourth-order valence-corrected chi connectivity index (χ4v) is 8.76. The normalized spacial score (nSPS) is 11.6. The Morgan fingerprint density at radius 2 is 0.712 bits per heavy atom. The summed E-state index contributed by atoms with van der Waals surface area (Å²) >= 11 is 0. The topological polar surface area (TPSA) is 52.1 Å². The van der Waals surface area contributed by atoms with Crippen molar-refractivity contribution < 1.29 is 8.83 Å². The van der Waals surface area contributed by atoms with Gasteiger partial charge in [0, 0.05) is 32.7 Å². The second-order valence-corrected chi connectivity index (χ2v) is 15.6. The monoisotopic (exact) mass is 762 g/mol. The fourth-order valence-electron chi connectivity index (χ4n) is 8.76. The lowest BCUT2D eigenvalue weighted by atomic mass is 9.97. The maximum atomic E-state index is 6.47. The van der Waals surface area contributed by atoms with E-state index in [9.17, 15) is 0 Å². The van der Waals surface area contributed by atoms with E-state index in [1.54, 1.807) is 0 Å². The molecule has 0 fully saturated rings. The molecule has 0 atom stereocenters. The second-order valence-electron chi connectivity index (χ2n) is 15.6. The highest BCUT2D eigenvalue weighted by Gasteiger charge is 2.19. The third kappa shape index (κ3) is 5.90. The van der Waals surface area contributed by atoms with Crippen molar-refractivity contribution >= 4 is 86.8 Å². The van der Waals surface area contributed by atoms with Gasteiger partial charge in [-0.05, 0) is 95.1 Å². The molecule has 0 N–H and O–H groups in total. The fraction of sp³-hybridized carbons (Fsp3) is 0.0909. The molecule has 0 aliphatic rings. The van der Waals surface area contributed by atoms with Crippen LogP contribution >= 0.6 is 0 Å².